The van der Waals surface area contributed by atoms with Gasteiger partial charge in [-0.15, -0.1) is 0 Å². The van der Waals surface area contributed by atoms with E-state index in [-0.39, 0.29) is 18.0 Å². The first-order chi connectivity index (χ1) is 12.5. The van der Waals surface area contributed by atoms with Crippen molar-refractivity contribution in [2.24, 2.45) is 0 Å². The first-order valence-corrected chi connectivity index (χ1v) is 7.30. The van der Waals surface area contributed by atoms with E-state index in [1.165, 1.54) is 30.3 Å². The molecule has 26 heavy (non-hydrogen) atoms. The highest BCUT2D eigenvalue weighted by Gasteiger charge is 2.10. The minimum atomic E-state index is -0.598. The Kier molecular flexibility index (Phi) is 4.69. The quantitative estimate of drug-likeness (QED) is 0.449. The van der Waals surface area contributed by atoms with Gasteiger partial charge in [-0.3, -0.25) is 30.6 Å². The van der Waals surface area contributed by atoms with E-state index in [0.29, 0.717) is 16.6 Å². The number of non-ortho nitro benzene ring substituents is 1. The number of amides is 2. The average Bonchev–Trinajstić information content (AvgIpc) is 3.12. The van der Waals surface area contributed by atoms with Crippen molar-refractivity contribution in [2.75, 3.05) is 6.61 Å². The van der Waals surface area contributed by atoms with Crippen molar-refractivity contribution in [1.29, 1.82) is 0 Å². The normalized spacial score (nSPS) is 10.3. The lowest BCUT2D eigenvalue weighted by Gasteiger charge is -2.08. The number of nitrogens with one attached hydrogen (secondary N) is 3. The van der Waals surface area contributed by atoms with Crippen LogP contribution < -0.4 is 15.6 Å². The smallest absolute Gasteiger partial charge is 0.276 e. The standard InChI is InChI=1S/C15H12N6O5/c22-14(8-26-11-4-2-10(3-5-11)21(24)25)18-19-15(23)9-1-6-12-13(7-9)17-20-16-12/h1-7H,8H2,(H,18,22)(H,19,23)(H,16,17,20). The zero-order chi connectivity index (χ0) is 18.5. The highest BCUT2D eigenvalue weighted by molar-refractivity contribution is 5.98. The number of benzene rings is 2. The van der Waals surface area contributed by atoms with Gasteiger partial charge in [-0.05, 0) is 30.3 Å². The summed E-state index contributed by atoms with van der Waals surface area (Å²) in [7, 11) is 0. The first-order valence-electron chi connectivity index (χ1n) is 7.30. The van der Waals surface area contributed by atoms with Crippen LogP contribution in [0.25, 0.3) is 11.0 Å². The van der Waals surface area contributed by atoms with Crippen LogP contribution in [0.4, 0.5) is 5.69 Å². The molecule has 0 atom stereocenters. The number of carbonyl (C=O) groups is 2. The largest absolute Gasteiger partial charge is 0.484 e. The van der Waals surface area contributed by atoms with Gasteiger partial charge in [0.15, 0.2) is 6.61 Å². The first kappa shape index (κ1) is 16.8. The van der Waals surface area contributed by atoms with Crippen LogP contribution in [-0.4, -0.2) is 38.8 Å². The van der Waals surface area contributed by atoms with Gasteiger partial charge in [0, 0.05) is 17.7 Å². The van der Waals surface area contributed by atoms with E-state index in [0.717, 1.165) is 0 Å². The second kappa shape index (κ2) is 7.25. The van der Waals surface area contributed by atoms with Gasteiger partial charge in [0.25, 0.3) is 17.5 Å². The summed E-state index contributed by atoms with van der Waals surface area (Å²) in [4.78, 5) is 33.7. The number of ether oxygens (including phenoxy) is 1. The number of fused-ring (bicyclic) bond motifs is 1. The van der Waals surface area contributed by atoms with E-state index in [4.69, 9.17) is 4.74 Å². The molecule has 132 valence electrons. The van der Waals surface area contributed by atoms with Crippen LogP contribution >= 0.6 is 0 Å². The maximum Gasteiger partial charge on any atom is 0.276 e. The Morgan fingerprint density at radius 1 is 1.08 bits per heavy atom. The van der Waals surface area contributed by atoms with E-state index in [9.17, 15) is 19.7 Å². The number of nitrogens with zero attached hydrogens (tertiary/aromatic N) is 3. The Bertz CT molecular complexity index is 968. The van der Waals surface area contributed by atoms with Crippen molar-refractivity contribution in [3.63, 3.8) is 0 Å². The van der Waals surface area contributed by atoms with Gasteiger partial charge in [0.1, 0.15) is 16.8 Å². The van der Waals surface area contributed by atoms with Gasteiger partial charge in [-0.2, -0.15) is 15.4 Å². The zero-order valence-electron chi connectivity index (χ0n) is 13.1. The third-order valence-corrected chi connectivity index (χ3v) is 3.31. The van der Waals surface area contributed by atoms with Gasteiger partial charge in [-0.25, -0.2) is 0 Å². The third kappa shape index (κ3) is 3.90. The molecule has 11 heteroatoms. The number of hydrazine groups is 1. The Labute approximate surface area is 145 Å². The predicted molar refractivity (Wildman–Crippen MR) is 88.1 cm³/mol. The Hall–Kier alpha value is -4.02. The highest BCUT2D eigenvalue weighted by Crippen LogP contribution is 2.17. The second-order valence-corrected chi connectivity index (χ2v) is 5.07. The molecule has 3 aromatic rings. The number of hydrogen-bond donors (Lipinski definition) is 3. The molecule has 2 amide bonds. The van der Waals surface area contributed by atoms with Gasteiger partial charge in [-0.1, -0.05) is 0 Å². The second-order valence-electron chi connectivity index (χ2n) is 5.07. The number of nitro groups is 1. The summed E-state index contributed by atoms with van der Waals surface area (Å²) < 4.78 is 5.18. The predicted octanol–water partition coefficient (Wildman–Crippen LogP) is 0.706. The lowest BCUT2D eigenvalue weighted by molar-refractivity contribution is -0.384. The van der Waals surface area contributed by atoms with E-state index < -0.39 is 16.7 Å². The molecule has 3 rings (SSSR count). The van der Waals surface area contributed by atoms with Crippen molar-refractivity contribution in [2.45, 2.75) is 0 Å². The number of hydrogen-bond acceptors (Lipinski definition) is 7. The van der Waals surface area contributed by atoms with Crippen molar-refractivity contribution >= 4 is 28.5 Å². The Balaban J connectivity index is 1.48. The fourth-order valence-electron chi connectivity index (χ4n) is 2.03. The number of carbonyl (C=O) groups excluding carboxylic acids is 2. The van der Waals surface area contributed by atoms with Crippen LogP contribution in [0.2, 0.25) is 0 Å². The lowest BCUT2D eigenvalue weighted by Crippen LogP contribution is -2.43. The summed E-state index contributed by atoms with van der Waals surface area (Å²) in [6.07, 6.45) is 0. The molecule has 0 radical (unpaired) electrons. The molecule has 0 aliphatic carbocycles. The number of aromatic nitrogens is 3. The molecule has 0 spiro atoms. The summed E-state index contributed by atoms with van der Waals surface area (Å²) in [6.45, 7) is -0.375. The summed E-state index contributed by atoms with van der Waals surface area (Å²) in [6, 6.07) is 9.94. The molecule has 0 aliphatic rings. The van der Waals surface area contributed by atoms with Crippen molar-refractivity contribution in [3.05, 3.63) is 58.1 Å². The molecule has 0 saturated carbocycles. The molecule has 3 N–H and O–H groups in total. The Morgan fingerprint density at radius 2 is 1.81 bits per heavy atom. The van der Waals surface area contributed by atoms with Gasteiger partial charge in [0.05, 0.1) is 4.92 Å². The number of rotatable bonds is 5. The fourth-order valence-corrected chi connectivity index (χ4v) is 2.03. The van der Waals surface area contributed by atoms with Gasteiger partial charge < -0.3 is 4.74 Å². The van der Waals surface area contributed by atoms with Gasteiger partial charge in [0.2, 0.25) is 0 Å². The van der Waals surface area contributed by atoms with E-state index in [1.54, 1.807) is 12.1 Å². The summed E-state index contributed by atoms with van der Waals surface area (Å²) in [5.74, 6) is -0.841. The summed E-state index contributed by atoms with van der Waals surface area (Å²) in [5, 5.41) is 20.7. The lowest BCUT2D eigenvalue weighted by atomic mass is 10.2. The van der Waals surface area contributed by atoms with Crippen LogP contribution in [-0.2, 0) is 4.79 Å². The average molecular weight is 356 g/mol. The highest BCUT2D eigenvalue weighted by atomic mass is 16.6. The molecule has 0 saturated heterocycles. The molecule has 2 aromatic carbocycles. The fraction of sp³-hybridized carbons (Fsp3) is 0.0667. The third-order valence-electron chi connectivity index (χ3n) is 3.31. The van der Waals surface area contributed by atoms with E-state index >= 15 is 0 Å². The molecule has 0 fully saturated rings. The molecule has 11 nitrogen and oxygen atoms in total. The van der Waals surface area contributed by atoms with Gasteiger partial charge >= 0.3 is 0 Å². The van der Waals surface area contributed by atoms with Crippen LogP contribution in [0.1, 0.15) is 10.4 Å². The van der Waals surface area contributed by atoms with Crippen molar-refractivity contribution in [3.8, 4) is 5.75 Å². The monoisotopic (exact) mass is 356 g/mol. The number of nitro benzene ring substituents is 1. The minimum absolute atomic E-state index is 0.0851. The van der Waals surface area contributed by atoms with Crippen LogP contribution in [0, 0.1) is 10.1 Å². The van der Waals surface area contributed by atoms with E-state index in [1.807, 2.05) is 0 Å². The molecule has 0 bridgehead atoms. The summed E-state index contributed by atoms with van der Waals surface area (Å²) in [5.41, 5.74) is 5.80. The maximum atomic E-state index is 12.0. The minimum Gasteiger partial charge on any atom is -0.484 e. The van der Waals surface area contributed by atoms with Crippen LogP contribution in [0.5, 0.6) is 5.75 Å². The summed E-state index contributed by atoms with van der Waals surface area (Å²) >= 11 is 0. The van der Waals surface area contributed by atoms with Crippen LogP contribution in [0.15, 0.2) is 42.5 Å². The van der Waals surface area contributed by atoms with Crippen molar-refractivity contribution < 1.29 is 19.2 Å². The topological polar surface area (TPSA) is 152 Å². The molecule has 0 aliphatic heterocycles. The zero-order valence-corrected chi connectivity index (χ0v) is 13.1. The van der Waals surface area contributed by atoms with Crippen LogP contribution in [0.3, 0.4) is 0 Å². The molecule has 0 unspecified atom stereocenters. The molecular formula is C15H12N6O5. The molecular weight excluding hydrogens is 344 g/mol. The maximum absolute atomic E-state index is 12.0. The SMILES string of the molecule is O=C(COc1ccc([N+](=O)[O-])cc1)NNC(=O)c1ccc2n[nH]nc2c1. The molecule has 1 heterocycles. The Morgan fingerprint density at radius 3 is 2.54 bits per heavy atom. The number of aromatic amines is 1. The van der Waals surface area contributed by atoms with E-state index in [2.05, 4.69) is 26.3 Å². The number of H-pyrrole nitrogens is 1. The molecule has 1 aromatic heterocycles. The van der Waals surface area contributed by atoms with Crippen molar-refractivity contribution in [1.82, 2.24) is 26.3 Å².